The van der Waals surface area contributed by atoms with E-state index in [0.29, 0.717) is 36.8 Å². The van der Waals surface area contributed by atoms with Crippen molar-refractivity contribution in [2.75, 3.05) is 0 Å². The van der Waals surface area contributed by atoms with Gasteiger partial charge in [0, 0.05) is 18.8 Å². The van der Waals surface area contributed by atoms with Gasteiger partial charge in [0.2, 0.25) is 30.1 Å². The van der Waals surface area contributed by atoms with Crippen LogP contribution in [0, 0.1) is 5.92 Å². The highest BCUT2D eigenvalue weighted by molar-refractivity contribution is 6.42. The monoisotopic (exact) mass is 916 g/mol. The number of alkyl halides is 2. The fourth-order valence-electron chi connectivity index (χ4n) is 7.64. The number of hydrogen-bond donors (Lipinski definition) is 10. The lowest BCUT2D eigenvalue weighted by Gasteiger charge is -2.34. The normalized spacial score (nSPS) is 16.1. The molecule has 354 valence electrons. The van der Waals surface area contributed by atoms with Gasteiger partial charge in [-0.1, -0.05) is 92.8 Å². The molecule has 22 heteroatoms. The Kier molecular flexibility index (Phi) is 20.2. The molecule has 1 unspecified atom stereocenters. The molecule has 20 nitrogen and oxygen atoms in total. The molecule has 0 aliphatic heterocycles. The molecule has 65 heavy (non-hydrogen) atoms. The number of nitrogens with two attached hydrogens (primary N) is 2. The second-order valence-corrected chi connectivity index (χ2v) is 15.8. The van der Waals surface area contributed by atoms with Crippen LogP contribution in [0.2, 0.25) is 0 Å². The molecule has 0 heterocycles. The average molecular weight is 917 g/mol. The summed E-state index contributed by atoms with van der Waals surface area (Å²) >= 11 is 0. The van der Waals surface area contributed by atoms with Crippen LogP contribution in [0.5, 0.6) is 0 Å². The molecule has 6 atom stereocenters. The standard InChI is InChI=1S/C43H54F2N6O14/c44-30(45)18-19-43(47,37(59)42(64)65)36(58)28(20-23-10-4-1-5-11-23)49-40(62)29(22-33(56)57)50-41(63)35(34(24-12-6-2-7-13-24)25-14-8-3-9-15-25)51-39(61)27(16-17-31(52)53)48-38(60)26(46)21-32(54)55/h2-3,6-9,12-15,23,26-30,34-35H,1,4-5,10-11,16-22,46-47H2,(H,48,60)(H,49,62)(H,50,63)(H,51,61)(H,52,53)(H,54,55)(H,56,57)(H,64,65)/t26-,27-,28-,29-,35-,43?/m0/s1. The van der Waals surface area contributed by atoms with Gasteiger partial charge in [0.1, 0.15) is 23.7 Å². The molecular weight excluding hydrogens is 862 g/mol. The van der Waals surface area contributed by atoms with E-state index in [1.54, 1.807) is 60.7 Å². The number of ketones is 2. The third kappa shape index (κ3) is 16.1. The zero-order valence-corrected chi connectivity index (χ0v) is 35.2. The third-order valence-corrected chi connectivity index (χ3v) is 11.0. The average Bonchev–Trinajstić information content (AvgIpc) is 3.26. The number of Topliss-reactive ketones (excluding diaryl/α,β-unsaturated/α-hetero) is 2. The quantitative estimate of drug-likeness (QED) is 0.0438. The molecule has 1 saturated carbocycles. The lowest BCUT2D eigenvalue weighted by atomic mass is 9.77. The van der Waals surface area contributed by atoms with Gasteiger partial charge in [-0.05, 0) is 36.3 Å². The van der Waals surface area contributed by atoms with E-state index >= 15 is 0 Å². The summed E-state index contributed by atoms with van der Waals surface area (Å²) in [4.78, 5) is 130. The molecule has 0 bridgehead atoms. The maximum absolute atomic E-state index is 14.7. The minimum absolute atomic E-state index is 0.263. The van der Waals surface area contributed by atoms with E-state index in [1.807, 2.05) is 0 Å². The van der Waals surface area contributed by atoms with Crippen molar-refractivity contribution in [1.29, 1.82) is 0 Å². The highest BCUT2D eigenvalue weighted by Gasteiger charge is 2.49. The summed E-state index contributed by atoms with van der Waals surface area (Å²) in [6, 6.07) is 6.79. The predicted octanol–water partition coefficient (Wildman–Crippen LogP) is 0.835. The van der Waals surface area contributed by atoms with Crippen molar-refractivity contribution in [3.63, 3.8) is 0 Å². The van der Waals surface area contributed by atoms with E-state index in [-0.39, 0.29) is 12.3 Å². The van der Waals surface area contributed by atoms with Gasteiger partial charge in [-0.15, -0.1) is 0 Å². The Balaban J connectivity index is 2.13. The van der Waals surface area contributed by atoms with Gasteiger partial charge in [-0.2, -0.15) is 0 Å². The SMILES string of the molecule is N[C@@H](CC(=O)O)C(=O)N[C@@H](CCC(=O)O)C(=O)N[C@H](C(=O)N[C@@H](CC(=O)O)C(=O)N[C@@H](CC1CCCCC1)C(=O)C(N)(CCC(F)F)C(=O)C(=O)O)C(c1ccccc1)c1ccccc1. The van der Waals surface area contributed by atoms with Crippen molar-refractivity contribution in [3.05, 3.63) is 71.8 Å². The molecule has 4 amide bonds. The number of rotatable bonds is 27. The predicted molar refractivity (Wildman–Crippen MR) is 223 cm³/mol. The number of amides is 4. The number of benzene rings is 2. The Morgan fingerprint density at radius 3 is 1.63 bits per heavy atom. The van der Waals surface area contributed by atoms with Crippen molar-refractivity contribution in [3.8, 4) is 0 Å². The first kappa shape index (κ1) is 52.7. The highest BCUT2D eigenvalue weighted by atomic mass is 19.3. The Hall–Kier alpha value is -6.68. The van der Waals surface area contributed by atoms with E-state index in [0.717, 1.165) is 6.42 Å². The molecule has 1 fully saturated rings. The Labute approximate surface area is 371 Å². The maximum Gasteiger partial charge on any atom is 0.374 e. The number of carbonyl (C=O) groups excluding carboxylic acids is 6. The largest absolute Gasteiger partial charge is 0.481 e. The summed E-state index contributed by atoms with van der Waals surface area (Å²) < 4.78 is 26.8. The van der Waals surface area contributed by atoms with Crippen molar-refractivity contribution < 1.29 is 77.2 Å². The van der Waals surface area contributed by atoms with Crippen LogP contribution in [-0.2, 0) is 47.9 Å². The molecular formula is C43H54F2N6O14. The molecule has 0 spiro atoms. The summed E-state index contributed by atoms with van der Waals surface area (Å²) in [5.41, 5.74) is 9.43. The first-order chi connectivity index (χ1) is 30.6. The Morgan fingerprint density at radius 1 is 0.631 bits per heavy atom. The minimum Gasteiger partial charge on any atom is -0.481 e. The van der Waals surface area contributed by atoms with Crippen LogP contribution in [0.3, 0.4) is 0 Å². The molecule has 3 rings (SSSR count). The van der Waals surface area contributed by atoms with Crippen molar-refractivity contribution in [1.82, 2.24) is 21.3 Å². The van der Waals surface area contributed by atoms with Gasteiger partial charge in [0.05, 0.1) is 24.9 Å². The second-order valence-electron chi connectivity index (χ2n) is 15.8. The number of halogens is 2. The number of nitrogens with one attached hydrogen (secondary N) is 4. The Bertz CT molecular complexity index is 2000. The molecule has 0 radical (unpaired) electrons. The second kappa shape index (κ2) is 25.0. The van der Waals surface area contributed by atoms with E-state index in [9.17, 15) is 72.0 Å². The summed E-state index contributed by atoms with van der Waals surface area (Å²) in [6.07, 6.45) is -5.78. The number of aliphatic carboxylic acids is 4. The van der Waals surface area contributed by atoms with E-state index < -0.39 is 146 Å². The van der Waals surface area contributed by atoms with E-state index in [2.05, 4.69) is 21.3 Å². The number of carboxylic acid groups (broad SMARTS) is 4. The number of hydrogen-bond acceptors (Lipinski definition) is 12. The van der Waals surface area contributed by atoms with Gasteiger partial charge in [-0.3, -0.25) is 43.2 Å². The van der Waals surface area contributed by atoms with E-state index in [1.165, 1.54) is 0 Å². The first-order valence-electron chi connectivity index (χ1n) is 20.8. The smallest absolute Gasteiger partial charge is 0.374 e. The van der Waals surface area contributed by atoms with Crippen LogP contribution in [0.25, 0.3) is 0 Å². The lowest BCUT2D eigenvalue weighted by molar-refractivity contribution is -0.154. The fourth-order valence-corrected chi connectivity index (χ4v) is 7.64. The van der Waals surface area contributed by atoms with Crippen molar-refractivity contribution >= 4 is 59.1 Å². The van der Waals surface area contributed by atoms with Crippen LogP contribution in [-0.4, -0.2) is 122 Å². The molecule has 12 N–H and O–H groups in total. The molecule has 1 aliphatic carbocycles. The lowest BCUT2D eigenvalue weighted by Crippen LogP contribution is -2.65. The zero-order valence-electron chi connectivity index (χ0n) is 35.2. The van der Waals surface area contributed by atoms with Gasteiger partial charge in [0.25, 0.3) is 5.78 Å². The van der Waals surface area contributed by atoms with Crippen molar-refractivity contribution in [2.24, 2.45) is 17.4 Å². The Morgan fingerprint density at radius 2 is 1.14 bits per heavy atom. The van der Waals surface area contributed by atoms with Gasteiger partial charge < -0.3 is 53.2 Å². The van der Waals surface area contributed by atoms with Gasteiger partial charge in [0.15, 0.2) is 5.78 Å². The summed E-state index contributed by atoms with van der Waals surface area (Å²) in [5, 5.41) is 47.3. The first-order valence-corrected chi connectivity index (χ1v) is 20.8. The maximum atomic E-state index is 14.7. The summed E-state index contributed by atoms with van der Waals surface area (Å²) in [6.45, 7) is 0. The van der Waals surface area contributed by atoms with Crippen molar-refractivity contribution in [2.45, 2.75) is 125 Å². The van der Waals surface area contributed by atoms with Gasteiger partial charge in [-0.25, -0.2) is 13.6 Å². The molecule has 2 aromatic rings. The highest BCUT2D eigenvalue weighted by Crippen LogP contribution is 2.31. The van der Waals surface area contributed by atoms with Crippen LogP contribution < -0.4 is 32.7 Å². The summed E-state index contributed by atoms with van der Waals surface area (Å²) in [7, 11) is 0. The molecule has 2 aromatic carbocycles. The van der Waals surface area contributed by atoms with Crippen LogP contribution in [0.1, 0.15) is 94.1 Å². The fraction of sp³-hybridized carbons (Fsp3) is 0.488. The molecule has 0 saturated heterocycles. The zero-order chi connectivity index (χ0) is 48.4. The van der Waals surface area contributed by atoms with E-state index in [4.69, 9.17) is 16.6 Å². The summed E-state index contributed by atoms with van der Waals surface area (Å²) in [5.74, 6) is -16.5. The number of carbonyl (C=O) groups is 10. The third-order valence-electron chi connectivity index (χ3n) is 11.0. The molecule has 0 aromatic heterocycles. The minimum atomic E-state index is -3.11. The topological polar surface area (TPSA) is 352 Å². The molecule has 1 aliphatic rings. The van der Waals surface area contributed by atoms with Crippen LogP contribution in [0.15, 0.2) is 60.7 Å². The van der Waals surface area contributed by atoms with Gasteiger partial charge >= 0.3 is 23.9 Å². The van der Waals surface area contributed by atoms with Crippen LogP contribution in [0.4, 0.5) is 8.78 Å². The number of carboxylic acids is 4. The van der Waals surface area contributed by atoms with Crippen LogP contribution >= 0.6 is 0 Å².